The summed E-state index contributed by atoms with van der Waals surface area (Å²) >= 11 is 7.54. The van der Waals surface area contributed by atoms with Crippen molar-refractivity contribution in [1.29, 1.82) is 0 Å². The first-order valence-corrected chi connectivity index (χ1v) is 11.6. The molecule has 3 unspecified atom stereocenters. The van der Waals surface area contributed by atoms with Gasteiger partial charge in [-0.25, -0.2) is 4.98 Å². The monoisotopic (exact) mass is 491 g/mol. The highest BCUT2D eigenvalue weighted by Crippen LogP contribution is 2.35. The van der Waals surface area contributed by atoms with Crippen molar-refractivity contribution in [2.45, 2.75) is 37.6 Å². The second kappa shape index (κ2) is 12.1. The second-order valence-corrected chi connectivity index (χ2v) is 8.86. The van der Waals surface area contributed by atoms with Gasteiger partial charge in [0.2, 0.25) is 6.29 Å². The number of methoxy groups -OCH3 is 1. The predicted octanol–water partition coefficient (Wildman–Crippen LogP) is 4.36. The van der Waals surface area contributed by atoms with Crippen molar-refractivity contribution in [2.75, 3.05) is 19.0 Å². The third-order valence-corrected chi connectivity index (χ3v) is 6.02. The van der Waals surface area contributed by atoms with Crippen molar-refractivity contribution >= 4 is 35.3 Å². The highest BCUT2D eigenvalue weighted by molar-refractivity contribution is 7.94. The number of ether oxygens (including phenoxy) is 2. The maximum atomic E-state index is 11.9. The number of carbonyl (C=O) groups excluding carboxylic acids is 1. The Morgan fingerprint density at radius 3 is 2.88 bits per heavy atom. The van der Waals surface area contributed by atoms with Gasteiger partial charge in [0, 0.05) is 41.3 Å². The lowest BCUT2D eigenvalue weighted by atomic mass is 9.96. The van der Waals surface area contributed by atoms with Gasteiger partial charge in [0.25, 0.3) is 0 Å². The van der Waals surface area contributed by atoms with Crippen LogP contribution in [0.1, 0.15) is 18.9 Å². The number of halogens is 1. The number of aromatic nitrogens is 1. The van der Waals surface area contributed by atoms with Gasteiger partial charge in [0.1, 0.15) is 5.75 Å². The smallest absolute Gasteiger partial charge is 0.312 e. The minimum atomic E-state index is -0.782. The van der Waals surface area contributed by atoms with Crippen LogP contribution >= 0.6 is 23.6 Å². The van der Waals surface area contributed by atoms with Crippen LogP contribution in [0.3, 0.4) is 0 Å². The molecule has 0 radical (unpaired) electrons. The zero-order valence-electron chi connectivity index (χ0n) is 18.7. The van der Waals surface area contributed by atoms with E-state index in [1.165, 1.54) is 19.2 Å². The third-order valence-electron chi connectivity index (χ3n) is 4.90. The summed E-state index contributed by atoms with van der Waals surface area (Å²) in [5.41, 5.74) is 2.33. The van der Waals surface area contributed by atoms with Crippen LogP contribution in [0, 0.1) is 12.8 Å². The van der Waals surface area contributed by atoms with Gasteiger partial charge in [-0.1, -0.05) is 29.8 Å². The number of H-pyrrole nitrogens is 1. The van der Waals surface area contributed by atoms with E-state index in [0.29, 0.717) is 29.4 Å². The Morgan fingerprint density at radius 2 is 2.24 bits per heavy atom. The Morgan fingerprint density at radius 1 is 1.42 bits per heavy atom. The topological polar surface area (TPSA) is 91.2 Å². The third kappa shape index (κ3) is 7.23. The molecule has 7 nitrogen and oxygen atoms in total. The average Bonchev–Trinajstić information content (AvgIpc) is 2.83. The van der Waals surface area contributed by atoms with Gasteiger partial charge in [-0.2, -0.15) is 0 Å². The number of aliphatic hydroxyl groups excluding tert-OH is 1. The lowest BCUT2D eigenvalue weighted by Gasteiger charge is -2.24. The highest BCUT2D eigenvalue weighted by Gasteiger charge is 2.25. The number of aromatic amines is 1. The molecule has 2 aromatic rings. The van der Waals surface area contributed by atoms with Crippen molar-refractivity contribution < 1.29 is 28.5 Å². The number of esters is 1. The summed E-state index contributed by atoms with van der Waals surface area (Å²) in [4.78, 5) is 15.8. The molecule has 1 heterocycles. The maximum absolute atomic E-state index is 11.9. The number of rotatable bonds is 10. The second-order valence-electron chi connectivity index (χ2n) is 7.62. The number of nitrogens with one attached hydrogen (secondary N) is 2. The first-order chi connectivity index (χ1) is 15.9. The van der Waals surface area contributed by atoms with Crippen molar-refractivity contribution in [2.24, 2.45) is 5.92 Å². The fourth-order valence-electron chi connectivity index (χ4n) is 3.08. The van der Waals surface area contributed by atoms with Crippen LogP contribution in [0.5, 0.6) is 5.75 Å². The van der Waals surface area contributed by atoms with Crippen molar-refractivity contribution in [3.8, 4) is 5.75 Å². The molecule has 176 valence electrons. The molecule has 1 aliphatic carbocycles. The molecule has 1 aromatic carbocycles. The number of aliphatic hydroxyl groups is 1. The molecule has 0 bridgehead atoms. The summed E-state index contributed by atoms with van der Waals surface area (Å²) in [5.74, 6) is -0.141. The lowest BCUT2D eigenvalue weighted by Crippen LogP contribution is -2.24. The van der Waals surface area contributed by atoms with E-state index in [2.05, 4.69) is 10.3 Å². The Hall–Kier alpha value is -2.52. The summed E-state index contributed by atoms with van der Waals surface area (Å²) < 4.78 is 17.2. The predicted molar refractivity (Wildman–Crippen MR) is 128 cm³/mol. The number of hydrogen-bond donors (Lipinski definition) is 2. The Balaban J connectivity index is 1.85. The molecule has 9 heteroatoms. The quantitative estimate of drug-likeness (QED) is 0.290. The van der Waals surface area contributed by atoms with Gasteiger partial charge in [-0.15, -0.1) is 0 Å². The van der Waals surface area contributed by atoms with Crippen molar-refractivity contribution in [1.82, 2.24) is 0 Å². The molecule has 3 N–H and O–H groups in total. The van der Waals surface area contributed by atoms with Gasteiger partial charge in [-0.05, 0) is 38.0 Å². The molecule has 0 aliphatic heterocycles. The first-order valence-electron chi connectivity index (χ1n) is 10.5. The molecule has 0 saturated carbocycles. The number of aryl methyl sites for hydroxylation is 1. The van der Waals surface area contributed by atoms with Crippen LogP contribution in [0.2, 0.25) is 5.02 Å². The van der Waals surface area contributed by atoms with E-state index < -0.39 is 12.4 Å². The van der Waals surface area contributed by atoms with Crippen LogP contribution in [0.4, 0.5) is 5.69 Å². The van der Waals surface area contributed by atoms with E-state index in [1.807, 2.05) is 49.7 Å². The summed E-state index contributed by atoms with van der Waals surface area (Å²) in [5, 5.41) is 13.4. The number of hydrogen-bond acceptors (Lipinski definition) is 7. The molecule has 3 atom stereocenters. The van der Waals surface area contributed by atoms with Crippen LogP contribution in [0.25, 0.3) is 0 Å². The van der Waals surface area contributed by atoms with E-state index >= 15 is 0 Å². The molecule has 0 amide bonds. The van der Waals surface area contributed by atoms with Crippen molar-refractivity contribution in [3.05, 3.63) is 71.0 Å². The van der Waals surface area contributed by atoms with E-state index in [4.69, 9.17) is 25.3 Å². The molecule has 0 fully saturated rings. The average molecular weight is 492 g/mol. The number of pyridine rings is 1. The minimum absolute atomic E-state index is 0.288. The fourth-order valence-corrected chi connectivity index (χ4v) is 3.83. The number of carbonyl (C=O) groups is 1. The number of benzene rings is 1. The van der Waals surface area contributed by atoms with E-state index in [-0.39, 0.29) is 11.9 Å². The molecule has 0 spiro atoms. The van der Waals surface area contributed by atoms with Crippen LogP contribution in [-0.2, 0) is 13.7 Å². The van der Waals surface area contributed by atoms with Gasteiger partial charge in [-0.3, -0.25) is 8.98 Å². The molecular formula is C24H28ClN2O5S+. The van der Waals surface area contributed by atoms with Crippen molar-refractivity contribution in [3.63, 3.8) is 0 Å². The number of anilines is 1. The normalized spacial score (nSPS) is 17.1. The highest BCUT2D eigenvalue weighted by atomic mass is 35.5. The Labute approximate surface area is 203 Å². The minimum Gasteiger partial charge on any atom is -0.469 e. The molecule has 0 saturated heterocycles. The van der Waals surface area contributed by atoms with Gasteiger partial charge in [0.05, 0.1) is 29.7 Å². The van der Waals surface area contributed by atoms with Gasteiger partial charge >= 0.3 is 5.97 Å². The molecule has 33 heavy (non-hydrogen) atoms. The van der Waals surface area contributed by atoms with E-state index in [9.17, 15) is 9.90 Å². The maximum Gasteiger partial charge on any atom is 0.312 e. The standard InChI is InChI=1S/C24H27ClN2O5S/c1-15-11-21(27-13-16(2)28)22(12-20(15)25)31-24(32-33-19-5-4-10-26-14-19)18-8-6-17(7-9-18)23(29)30-3/h4-6,8-12,14,16-17,24,27-28H,7,13H2,1-3H3/p+1. The zero-order valence-corrected chi connectivity index (χ0v) is 20.3. The van der Waals surface area contributed by atoms with E-state index in [1.54, 1.807) is 19.1 Å². The largest absolute Gasteiger partial charge is 0.469 e. The van der Waals surface area contributed by atoms with Crippen LogP contribution in [-0.4, -0.2) is 37.1 Å². The summed E-state index contributed by atoms with van der Waals surface area (Å²) in [6.45, 7) is 3.95. The zero-order chi connectivity index (χ0) is 23.8. The number of allylic oxidation sites excluding steroid dienone is 1. The molecule has 1 aromatic heterocycles. The molecule has 3 rings (SSSR count). The van der Waals surface area contributed by atoms with Gasteiger partial charge < -0.3 is 19.9 Å². The lowest BCUT2D eigenvalue weighted by molar-refractivity contribution is -0.381. The summed E-state index contributed by atoms with van der Waals surface area (Å²) in [7, 11) is 1.38. The molecular weight excluding hydrogens is 464 g/mol. The Kier molecular flexibility index (Phi) is 9.20. The Bertz CT molecular complexity index is 1010. The summed E-state index contributed by atoms with van der Waals surface area (Å²) in [6, 6.07) is 7.38. The SMILES string of the molecule is COC(=O)C1C=CC(C(OSc2ccc[nH+]c2)Oc2cc(Cl)c(C)cc2NCC(C)O)=CC1. The van der Waals surface area contributed by atoms with Crippen LogP contribution in [0.15, 0.2) is 65.4 Å². The van der Waals surface area contributed by atoms with Crippen LogP contribution < -0.4 is 15.0 Å². The van der Waals surface area contributed by atoms with Gasteiger partial charge in [0.15, 0.2) is 12.4 Å². The molecule has 1 aliphatic rings. The summed E-state index contributed by atoms with van der Waals surface area (Å²) in [6.07, 6.45) is 8.30. The first kappa shape index (κ1) is 25.1. The van der Waals surface area contributed by atoms with E-state index in [0.717, 1.165) is 16.0 Å². The fraction of sp³-hybridized carbons (Fsp3) is 0.333.